The van der Waals surface area contributed by atoms with E-state index in [-0.39, 0.29) is 23.8 Å². The van der Waals surface area contributed by atoms with E-state index in [1.165, 1.54) is 0 Å². The Bertz CT molecular complexity index is 677. The molecule has 0 radical (unpaired) electrons. The van der Waals surface area contributed by atoms with Gasteiger partial charge in [-0.25, -0.2) is 4.79 Å². The standard InChI is InChI=1S/C20H30N4O3/c1-4-10-21-18(25)15(3)22-19(26)16-8-6-11-24(13-16)20(27)23-17-9-5-7-14(2)12-17/h5,7,9,12,15-16H,4,6,8,10-11,13H2,1-3H3,(H,21,25)(H,22,26)(H,23,27)/t15-,16-/m1/s1. The molecule has 1 saturated heterocycles. The third-order valence-electron chi connectivity index (χ3n) is 4.65. The number of amides is 4. The number of nitrogens with zero attached hydrogens (tertiary/aromatic N) is 1. The van der Waals surface area contributed by atoms with Gasteiger partial charge in [0.25, 0.3) is 0 Å². The molecule has 0 saturated carbocycles. The molecular formula is C20H30N4O3. The highest BCUT2D eigenvalue weighted by Crippen LogP contribution is 2.18. The summed E-state index contributed by atoms with van der Waals surface area (Å²) in [5.41, 5.74) is 1.81. The Hall–Kier alpha value is -2.57. The molecule has 0 aromatic heterocycles. The summed E-state index contributed by atoms with van der Waals surface area (Å²) < 4.78 is 0. The lowest BCUT2D eigenvalue weighted by molar-refractivity contribution is -0.131. The van der Waals surface area contributed by atoms with E-state index in [0.29, 0.717) is 26.1 Å². The average molecular weight is 374 g/mol. The van der Waals surface area contributed by atoms with Crippen LogP contribution in [0.1, 0.15) is 38.7 Å². The summed E-state index contributed by atoms with van der Waals surface area (Å²) in [7, 11) is 0. The number of hydrogen-bond acceptors (Lipinski definition) is 3. The van der Waals surface area contributed by atoms with Crippen molar-refractivity contribution in [3.05, 3.63) is 29.8 Å². The monoisotopic (exact) mass is 374 g/mol. The number of likely N-dealkylation sites (tertiary alicyclic amines) is 1. The maximum absolute atomic E-state index is 12.5. The van der Waals surface area contributed by atoms with Crippen molar-refractivity contribution in [1.82, 2.24) is 15.5 Å². The second-order valence-corrected chi connectivity index (χ2v) is 7.11. The van der Waals surface area contributed by atoms with Crippen molar-refractivity contribution < 1.29 is 14.4 Å². The Morgan fingerprint density at radius 1 is 1.30 bits per heavy atom. The molecule has 2 rings (SSSR count). The highest BCUT2D eigenvalue weighted by Gasteiger charge is 2.30. The Morgan fingerprint density at radius 3 is 2.78 bits per heavy atom. The smallest absolute Gasteiger partial charge is 0.321 e. The van der Waals surface area contributed by atoms with Gasteiger partial charge in [-0.15, -0.1) is 0 Å². The molecule has 7 heteroatoms. The molecule has 4 amide bonds. The molecule has 27 heavy (non-hydrogen) atoms. The molecule has 0 aliphatic carbocycles. The van der Waals surface area contributed by atoms with Crippen LogP contribution >= 0.6 is 0 Å². The SMILES string of the molecule is CCCNC(=O)[C@@H](C)NC(=O)[C@@H]1CCCN(C(=O)Nc2cccc(C)c2)C1. The summed E-state index contributed by atoms with van der Waals surface area (Å²) in [4.78, 5) is 38.6. The number of carbonyl (C=O) groups excluding carboxylic acids is 3. The molecule has 1 heterocycles. The van der Waals surface area contributed by atoms with E-state index in [0.717, 1.165) is 24.1 Å². The number of piperidine rings is 1. The molecule has 1 aromatic rings. The van der Waals surface area contributed by atoms with Gasteiger partial charge in [-0.3, -0.25) is 9.59 Å². The molecular weight excluding hydrogens is 344 g/mol. The Morgan fingerprint density at radius 2 is 2.07 bits per heavy atom. The minimum atomic E-state index is -0.583. The number of anilines is 1. The predicted octanol–water partition coefficient (Wildman–Crippen LogP) is 2.27. The molecule has 148 valence electrons. The predicted molar refractivity (Wildman–Crippen MR) is 105 cm³/mol. The number of rotatable bonds is 6. The van der Waals surface area contributed by atoms with E-state index in [2.05, 4.69) is 16.0 Å². The van der Waals surface area contributed by atoms with Crippen LogP contribution in [0.2, 0.25) is 0 Å². The molecule has 0 unspecified atom stereocenters. The summed E-state index contributed by atoms with van der Waals surface area (Å²) >= 11 is 0. The first-order chi connectivity index (χ1) is 12.9. The van der Waals surface area contributed by atoms with Crippen molar-refractivity contribution >= 4 is 23.5 Å². The number of carbonyl (C=O) groups is 3. The summed E-state index contributed by atoms with van der Waals surface area (Å²) in [5.74, 6) is -0.666. The second-order valence-electron chi connectivity index (χ2n) is 7.11. The van der Waals surface area contributed by atoms with E-state index >= 15 is 0 Å². The quantitative estimate of drug-likeness (QED) is 0.713. The zero-order valence-corrected chi connectivity index (χ0v) is 16.4. The fourth-order valence-electron chi connectivity index (χ4n) is 3.10. The van der Waals surface area contributed by atoms with Crippen LogP contribution in [0.4, 0.5) is 10.5 Å². The lowest BCUT2D eigenvalue weighted by Gasteiger charge is -2.32. The Balaban J connectivity index is 1.87. The fourth-order valence-corrected chi connectivity index (χ4v) is 3.10. The van der Waals surface area contributed by atoms with Gasteiger partial charge in [0.2, 0.25) is 11.8 Å². The largest absolute Gasteiger partial charge is 0.354 e. The van der Waals surface area contributed by atoms with E-state index in [4.69, 9.17) is 0 Å². The van der Waals surface area contributed by atoms with E-state index in [9.17, 15) is 14.4 Å². The zero-order chi connectivity index (χ0) is 19.8. The van der Waals surface area contributed by atoms with Gasteiger partial charge in [-0.05, 0) is 50.8 Å². The molecule has 3 N–H and O–H groups in total. The van der Waals surface area contributed by atoms with Crippen molar-refractivity contribution in [3.63, 3.8) is 0 Å². The first-order valence-electron chi connectivity index (χ1n) is 9.61. The average Bonchev–Trinajstić information content (AvgIpc) is 2.66. The number of nitrogens with one attached hydrogen (secondary N) is 3. The van der Waals surface area contributed by atoms with Gasteiger partial charge in [0.05, 0.1) is 5.92 Å². The third-order valence-corrected chi connectivity index (χ3v) is 4.65. The van der Waals surface area contributed by atoms with Crippen molar-refractivity contribution in [2.24, 2.45) is 5.92 Å². The Kier molecular flexibility index (Phi) is 7.64. The van der Waals surface area contributed by atoms with E-state index < -0.39 is 6.04 Å². The van der Waals surface area contributed by atoms with Gasteiger partial charge in [0.1, 0.15) is 6.04 Å². The van der Waals surface area contributed by atoms with Crippen LogP contribution in [0.15, 0.2) is 24.3 Å². The van der Waals surface area contributed by atoms with E-state index in [1.54, 1.807) is 11.8 Å². The van der Waals surface area contributed by atoms with Gasteiger partial charge in [0.15, 0.2) is 0 Å². The lowest BCUT2D eigenvalue weighted by Crippen LogP contribution is -2.51. The maximum atomic E-state index is 12.5. The molecule has 1 aliphatic rings. The van der Waals surface area contributed by atoms with Crippen LogP contribution < -0.4 is 16.0 Å². The van der Waals surface area contributed by atoms with Crippen molar-refractivity contribution in [3.8, 4) is 0 Å². The third kappa shape index (κ3) is 6.27. The minimum absolute atomic E-state index is 0.179. The van der Waals surface area contributed by atoms with Crippen molar-refractivity contribution in [2.75, 3.05) is 25.0 Å². The first-order valence-corrected chi connectivity index (χ1v) is 9.61. The molecule has 1 aliphatic heterocycles. The van der Waals surface area contributed by atoms with Crippen molar-refractivity contribution in [2.45, 2.75) is 46.1 Å². The van der Waals surface area contributed by atoms with Gasteiger partial charge in [-0.2, -0.15) is 0 Å². The number of hydrogen-bond donors (Lipinski definition) is 3. The van der Waals surface area contributed by atoms with E-state index in [1.807, 2.05) is 38.1 Å². The van der Waals surface area contributed by atoms with Crippen LogP contribution in [-0.2, 0) is 9.59 Å². The highest BCUT2D eigenvalue weighted by atomic mass is 16.2. The zero-order valence-electron chi connectivity index (χ0n) is 16.4. The van der Waals surface area contributed by atoms with Gasteiger partial charge in [-0.1, -0.05) is 19.1 Å². The Labute approximate surface area is 160 Å². The molecule has 1 aromatic carbocycles. The number of urea groups is 1. The fraction of sp³-hybridized carbons (Fsp3) is 0.550. The normalized spacial score (nSPS) is 17.7. The highest BCUT2D eigenvalue weighted by molar-refractivity contribution is 5.91. The van der Waals surface area contributed by atoms with Crippen molar-refractivity contribution in [1.29, 1.82) is 0 Å². The molecule has 0 bridgehead atoms. The second kappa shape index (κ2) is 9.94. The summed E-state index contributed by atoms with van der Waals surface area (Å²) in [6.45, 7) is 7.18. The van der Waals surface area contributed by atoms with Crippen LogP contribution in [0.25, 0.3) is 0 Å². The van der Waals surface area contributed by atoms with Gasteiger partial charge in [0, 0.05) is 25.3 Å². The molecule has 1 fully saturated rings. The van der Waals surface area contributed by atoms with Crippen LogP contribution in [0.5, 0.6) is 0 Å². The number of benzene rings is 1. The van der Waals surface area contributed by atoms with Crippen LogP contribution in [-0.4, -0.2) is 48.4 Å². The minimum Gasteiger partial charge on any atom is -0.354 e. The van der Waals surface area contributed by atoms with Gasteiger partial charge >= 0.3 is 6.03 Å². The van der Waals surface area contributed by atoms with Crippen LogP contribution in [0.3, 0.4) is 0 Å². The molecule has 2 atom stereocenters. The summed E-state index contributed by atoms with van der Waals surface area (Å²) in [5, 5.41) is 8.42. The first kappa shape index (κ1) is 20.7. The lowest BCUT2D eigenvalue weighted by atomic mass is 9.97. The van der Waals surface area contributed by atoms with Crippen LogP contribution in [0, 0.1) is 12.8 Å². The molecule has 0 spiro atoms. The van der Waals surface area contributed by atoms with Gasteiger partial charge < -0.3 is 20.9 Å². The maximum Gasteiger partial charge on any atom is 0.321 e. The summed E-state index contributed by atoms with van der Waals surface area (Å²) in [6, 6.07) is 6.82. The number of aryl methyl sites for hydroxylation is 1. The molecule has 7 nitrogen and oxygen atoms in total. The summed E-state index contributed by atoms with van der Waals surface area (Å²) in [6.07, 6.45) is 2.32. The topological polar surface area (TPSA) is 90.5 Å².